The summed E-state index contributed by atoms with van der Waals surface area (Å²) in [4.78, 5) is 35.7. The van der Waals surface area contributed by atoms with Gasteiger partial charge in [-0.25, -0.2) is 4.79 Å². The Hall–Kier alpha value is -3.15. The maximum absolute atomic E-state index is 12.4. The van der Waals surface area contributed by atoms with Gasteiger partial charge in [0.25, 0.3) is 5.91 Å². The SMILES string of the molecule is C[C@@H](OC(=O)[C@@H]1CCC(=O)N1)C(=O)Nc1ccccc1-c1ccccc1. The minimum absolute atomic E-state index is 0.180. The van der Waals surface area contributed by atoms with Gasteiger partial charge in [-0.2, -0.15) is 0 Å². The molecule has 0 aromatic heterocycles. The van der Waals surface area contributed by atoms with Crippen molar-refractivity contribution in [3.05, 3.63) is 54.6 Å². The number of hydrogen-bond donors (Lipinski definition) is 2. The predicted molar refractivity (Wildman–Crippen MR) is 97.2 cm³/mol. The highest BCUT2D eigenvalue weighted by molar-refractivity contribution is 5.99. The van der Waals surface area contributed by atoms with E-state index in [0.29, 0.717) is 18.5 Å². The molecular formula is C20H20N2O4. The van der Waals surface area contributed by atoms with Crippen LogP contribution in [0.25, 0.3) is 11.1 Å². The third-order valence-corrected chi connectivity index (χ3v) is 4.21. The molecule has 2 amide bonds. The van der Waals surface area contributed by atoms with E-state index in [1.165, 1.54) is 6.92 Å². The molecule has 2 N–H and O–H groups in total. The number of hydrogen-bond acceptors (Lipinski definition) is 4. The lowest BCUT2D eigenvalue weighted by molar-refractivity contribution is -0.155. The molecule has 1 saturated heterocycles. The van der Waals surface area contributed by atoms with Gasteiger partial charge in [0.1, 0.15) is 6.04 Å². The fourth-order valence-corrected chi connectivity index (χ4v) is 2.80. The number of carbonyl (C=O) groups excluding carboxylic acids is 3. The molecular weight excluding hydrogens is 332 g/mol. The van der Waals surface area contributed by atoms with Gasteiger partial charge in [-0.15, -0.1) is 0 Å². The van der Waals surface area contributed by atoms with Gasteiger partial charge < -0.3 is 15.4 Å². The van der Waals surface area contributed by atoms with Gasteiger partial charge in [-0.3, -0.25) is 9.59 Å². The largest absolute Gasteiger partial charge is 0.451 e. The average Bonchev–Trinajstić information content (AvgIpc) is 3.09. The van der Waals surface area contributed by atoms with E-state index in [4.69, 9.17) is 4.74 Å². The number of nitrogens with one attached hydrogen (secondary N) is 2. The third kappa shape index (κ3) is 4.08. The number of para-hydroxylation sites is 1. The zero-order valence-electron chi connectivity index (χ0n) is 14.4. The van der Waals surface area contributed by atoms with Crippen molar-refractivity contribution >= 4 is 23.5 Å². The van der Waals surface area contributed by atoms with E-state index in [2.05, 4.69) is 10.6 Å². The van der Waals surface area contributed by atoms with Crippen molar-refractivity contribution in [1.29, 1.82) is 0 Å². The second kappa shape index (κ2) is 7.82. The second-order valence-corrected chi connectivity index (χ2v) is 6.14. The van der Waals surface area contributed by atoms with E-state index >= 15 is 0 Å². The molecule has 1 aliphatic heterocycles. The summed E-state index contributed by atoms with van der Waals surface area (Å²) in [7, 11) is 0. The summed E-state index contributed by atoms with van der Waals surface area (Å²) in [5.74, 6) is -1.19. The minimum atomic E-state index is -0.969. The highest BCUT2D eigenvalue weighted by atomic mass is 16.5. The van der Waals surface area contributed by atoms with Crippen LogP contribution in [-0.2, 0) is 19.1 Å². The summed E-state index contributed by atoms with van der Waals surface area (Å²) < 4.78 is 5.20. The number of rotatable bonds is 5. The second-order valence-electron chi connectivity index (χ2n) is 6.14. The van der Waals surface area contributed by atoms with Crippen molar-refractivity contribution in [2.24, 2.45) is 0 Å². The first-order chi connectivity index (χ1) is 12.5. The Labute approximate surface area is 151 Å². The average molecular weight is 352 g/mol. The van der Waals surface area contributed by atoms with Gasteiger partial charge in [-0.1, -0.05) is 48.5 Å². The Morgan fingerprint density at radius 2 is 1.81 bits per heavy atom. The molecule has 0 aliphatic carbocycles. The Bertz CT molecular complexity index is 820. The van der Waals surface area contributed by atoms with Gasteiger partial charge in [0.05, 0.1) is 0 Å². The molecule has 0 unspecified atom stereocenters. The van der Waals surface area contributed by atoms with Crippen LogP contribution in [0.5, 0.6) is 0 Å². The van der Waals surface area contributed by atoms with E-state index < -0.39 is 24.0 Å². The van der Waals surface area contributed by atoms with Crippen LogP contribution in [0.15, 0.2) is 54.6 Å². The summed E-state index contributed by atoms with van der Waals surface area (Å²) in [6.45, 7) is 1.51. The van der Waals surface area contributed by atoms with Crippen molar-refractivity contribution in [1.82, 2.24) is 5.32 Å². The monoisotopic (exact) mass is 352 g/mol. The smallest absolute Gasteiger partial charge is 0.329 e. The lowest BCUT2D eigenvalue weighted by Crippen LogP contribution is -2.39. The molecule has 0 bridgehead atoms. The number of carbonyl (C=O) groups is 3. The zero-order valence-corrected chi connectivity index (χ0v) is 14.4. The molecule has 0 saturated carbocycles. The first kappa shape index (κ1) is 17.7. The van der Waals surface area contributed by atoms with E-state index in [1.54, 1.807) is 6.07 Å². The van der Waals surface area contributed by atoms with Crippen molar-refractivity contribution < 1.29 is 19.1 Å². The summed E-state index contributed by atoms with van der Waals surface area (Å²) >= 11 is 0. The number of benzene rings is 2. The highest BCUT2D eigenvalue weighted by Gasteiger charge is 2.30. The molecule has 2 aromatic rings. The summed E-state index contributed by atoms with van der Waals surface area (Å²) in [5, 5.41) is 5.34. The Kier molecular flexibility index (Phi) is 5.31. The highest BCUT2D eigenvalue weighted by Crippen LogP contribution is 2.27. The van der Waals surface area contributed by atoms with Crippen molar-refractivity contribution in [3.8, 4) is 11.1 Å². The molecule has 134 valence electrons. The minimum Gasteiger partial charge on any atom is -0.451 e. The van der Waals surface area contributed by atoms with Gasteiger partial charge in [0.15, 0.2) is 6.10 Å². The van der Waals surface area contributed by atoms with Gasteiger partial charge >= 0.3 is 5.97 Å². The molecule has 1 heterocycles. The molecule has 0 spiro atoms. The lowest BCUT2D eigenvalue weighted by atomic mass is 10.0. The van der Waals surface area contributed by atoms with Crippen LogP contribution in [-0.4, -0.2) is 29.9 Å². The first-order valence-corrected chi connectivity index (χ1v) is 8.50. The zero-order chi connectivity index (χ0) is 18.5. The maximum atomic E-state index is 12.4. The van der Waals surface area contributed by atoms with E-state index in [9.17, 15) is 14.4 Å². The predicted octanol–water partition coefficient (Wildman–Crippen LogP) is 2.50. The van der Waals surface area contributed by atoms with Crippen molar-refractivity contribution in [2.45, 2.75) is 31.9 Å². The number of anilines is 1. The molecule has 2 aromatic carbocycles. The summed E-state index contributed by atoms with van der Waals surface area (Å²) in [6.07, 6.45) is -0.281. The molecule has 1 fully saturated rings. The molecule has 3 rings (SSSR count). The number of ether oxygens (including phenoxy) is 1. The fraction of sp³-hybridized carbons (Fsp3) is 0.250. The van der Waals surface area contributed by atoms with Gasteiger partial charge in [0, 0.05) is 17.7 Å². The van der Waals surface area contributed by atoms with Crippen LogP contribution < -0.4 is 10.6 Å². The van der Waals surface area contributed by atoms with Crippen LogP contribution in [0, 0.1) is 0 Å². The third-order valence-electron chi connectivity index (χ3n) is 4.21. The summed E-state index contributed by atoms with van der Waals surface area (Å²) in [5.41, 5.74) is 2.49. The Morgan fingerprint density at radius 3 is 2.50 bits per heavy atom. The van der Waals surface area contributed by atoms with E-state index in [0.717, 1.165) is 11.1 Å². The lowest BCUT2D eigenvalue weighted by Gasteiger charge is -2.17. The van der Waals surface area contributed by atoms with Crippen LogP contribution in [0.1, 0.15) is 19.8 Å². The molecule has 6 heteroatoms. The topological polar surface area (TPSA) is 84.5 Å². The summed E-state index contributed by atoms with van der Waals surface area (Å²) in [6, 6.07) is 16.4. The van der Waals surface area contributed by atoms with Gasteiger partial charge in [-0.05, 0) is 25.0 Å². The quantitative estimate of drug-likeness (QED) is 0.810. The van der Waals surface area contributed by atoms with Crippen LogP contribution in [0.3, 0.4) is 0 Å². The van der Waals surface area contributed by atoms with Crippen molar-refractivity contribution in [2.75, 3.05) is 5.32 Å². The number of esters is 1. The molecule has 1 aliphatic rings. The standard InChI is InChI=1S/C20H20N2O4/c1-13(26-20(25)17-11-12-18(23)21-17)19(24)22-16-10-6-5-9-15(16)14-7-3-2-4-8-14/h2-10,13,17H,11-12H2,1H3,(H,21,23)(H,22,24)/t13-,17+/m1/s1. The molecule has 2 atom stereocenters. The van der Waals surface area contributed by atoms with Gasteiger partial charge in [0.2, 0.25) is 5.91 Å². The van der Waals surface area contributed by atoms with Crippen LogP contribution in [0.4, 0.5) is 5.69 Å². The van der Waals surface area contributed by atoms with Crippen LogP contribution >= 0.6 is 0 Å². The molecule has 6 nitrogen and oxygen atoms in total. The number of amides is 2. The molecule has 0 radical (unpaired) electrons. The van der Waals surface area contributed by atoms with Crippen molar-refractivity contribution in [3.63, 3.8) is 0 Å². The molecule has 26 heavy (non-hydrogen) atoms. The Morgan fingerprint density at radius 1 is 1.12 bits per heavy atom. The van der Waals surface area contributed by atoms with Crippen LogP contribution in [0.2, 0.25) is 0 Å². The van der Waals surface area contributed by atoms with E-state index in [1.807, 2.05) is 48.5 Å². The van der Waals surface area contributed by atoms with E-state index in [-0.39, 0.29) is 5.91 Å². The first-order valence-electron chi connectivity index (χ1n) is 8.50. The normalized spacial score (nSPS) is 17.3. The fourth-order valence-electron chi connectivity index (χ4n) is 2.80. The Balaban J connectivity index is 1.66. The maximum Gasteiger partial charge on any atom is 0.329 e.